The van der Waals surface area contributed by atoms with Crippen LogP contribution in [0.25, 0.3) is 11.1 Å². The molecule has 0 bridgehead atoms. The van der Waals surface area contributed by atoms with Gasteiger partial charge in [0.25, 0.3) is 0 Å². The predicted octanol–water partition coefficient (Wildman–Crippen LogP) is 2.32. The highest BCUT2D eigenvalue weighted by Crippen LogP contribution is 2.33. The Morgan fingerprint density at radius 1 is 0.800 bits per heavy atom. The fraction of sp³-hybridized carbons (Fsp3) is 0. The van der Waals surface area contributed by atoms with Crippen LogP contribution in [0.4, 0.5) is 5.69 Å². The van der Waals surface area contributed by atoms with E-state index in [0.717, 1.165) is 0 Å². The summed E-state index contributed by atoms with van der Waals surface area (Å²) in [5.74, 6) is 1.15. The van der Waals surface area contributed by atoms with E-state index in [4.69, 9.17) is 10.5 Å². The summed E-state index contributed by atoms with van der Waals surface area (Å²) in [7, 11) is 0. The van der Waals surface area contributed by atoms with Crippen LogP contribution in [0.1, 0.15) is 0 Å². The summed E-state index contributed by atoms with van der Waals surface area (Å²) in [6, 6.07) is 16.2. The molecule has 0 fully saturated rings. The van der Waals surface area contributed by atoms with E-state index in [9.17, 15) is 9.59 Å². The molecule has 0 saturated heterocycles. The number of rotatable bonds is 3. The van der Waals surface area contributed by atoms with Gasteiger partial charge >= 0.3 is 0 Å². The molecule has 0 aromatic heterocycles. The largest absolute Gasteiger partial charge is 0.457 e. The smallest absolute Gasteiger partial charge is 0.249 e. The second-order valence-electron chi connectivity index (χ2n) is 4.36. The standard InChI is InChI=1S/C16H11NO3/c17-14-13(15(18)16(14)19)11-8-4-5-9-12(11)20-10-6-2-1-3-7-10/h1-9H,17H2. The van der Waals surface area contributed by atoms with Crippen molar-refractivity contribution in [3.05, 3.63) is 75.0 Å². The zero-order valence-corrected chi connectivity index (χ0v) is 10.5. The van der Waals surface area contributed by atoms with Crippen LogP contribution in [-0.2, 0) is 0 Å². The van der Waals surface area contributed by atoms with Crippen LogP contribution in [0.3, 0.4) is 0 Å². The van der Waals surface area contributed by atoms with Crippen LogP contribution < -0.4 is 21.3 Å². The minimum atomic E-state index is -0.630. The highest BCUT2D eigenvalue weighted by atomic mass is 16.5. The number of para-hydroxylation sites is 2. The summed E-state index contributed by atoms with van der Waals surface area (Å²) >= 11 is 0. The van der Waals surface area contributed by atoms with Crippen LogP contribution in [0.15, 0.2) is 64.2 Å². The van der Waals surface area contributed by atoms with Crippen molar-refractivity contribution in [2.45, 2.75) is 0 Å². The van der Waals surface area contributed by atoms with Gasteiger partial charge < -0.3 is 10.5 Å². The first-order valence-corrected chi connectivity index (χ1v) is 6.09. The Balaban J connectivity index is 2.06. The highest BCUT2D eigenvalue weighted by molar-refractivity contribution is 5.83. The first kappa shape index (κ1) is 12.2. The van der Waals surface area contributed by atoms with Crippen molar-refractivity contribution in [1.29, 1.82) is 0 Å². The van der Waals surface area contributed by atoms with Crippen molar-refractivity contribution in [3.63, 3.8) is 0 Å². The van der Waals surface area contributed by atoms with Crippen LogP contribution in [0.2, 0.25) is 0 Å². The molecule has 98 valence electrons. The van der Waals surface area contributed by atoms with E-state index in [-0.39, 0.29) is 11.3 Å². The van der Waals surface area contributed by atoms with Crippen LogP contribution in [0, 0.1) is 0 Å². The summed E-state index contributed by atoms with van der Waals surface area (Å²) in [6.45, 7) is 0. The Labute approximate surface area is 114 Å². The number of anilines is 1. The summed E-state index contributed by atoms with van der Waals surface area (Å²) in [6.07, 6.45) is 0. The molecule has 0 aliphatic carbocycles. The monoisotopic (exact) mass is 265 g/mol. The van der Waals surface area contributed by atoms with Crippen molar-refractivity contribution >= 4 is 5.69 Å². The van der Waals surface area contributed by atoms with E-state index in [1.165, 1.54) is 0 Å². The first-order valence-electron chi connectivity index (χ1n) is 6.09. The lowest BCUT2D eigenvalue weighted by atomic mass is 9.98. The van der Waals surface area contributed by atoms with Gasteiger partial charge in [0.1, 0.15) is 11.5 Å². The normalized spacial score (nSPS) is 10.6. The molecule has 0 unspecified atom stereocenters. The molecule has 0 atom stereocenters. The van der Waals surface area contributed by atoms with E-state index in [2.05, 4.69) is 0 Å². The molecule has 2 N–H and O–H groups in total. The van der Waals surface area contributed by atoms with Gasteiger partial charge in [-0.1, -0.05) is 36.4 Å². The minimum Gasteiger partial charge on any atom is -0.457 e. The molecule has 4 nitrogen and oxygen atoms in total. The third kappa shape index (κ3) is 1.87. The maximum Gasteiger partial charge on any atom is 0.249 e. The highest BCUT2D eigenvalue weighted by Gasteiger charge is 2.22. The van der Waals surface area contributed by atoms with Gasteiger partial charge in [-0.2, -0.15) is 0 Å². The van der Waals surface area contributed by atoms with Gasteiger partial charge in [-0.15, -0.1) is 0 Å². The number of benzene rings is 2. The predicted molar refractivity (Wildman–Crippen MR) is 77.7 cm³/mol. The lowest BCUT2D eigenvalue weighted by Gasteiger charge is -2.13. The summed E-state index contributed by atoms with van der Waals surface area (Å²) < 4.78 is 5.75. The first-order chi connectivity index (χ1) is 9.68. The molecule has 0 aliphatic heterocycles. The number of nitrogen functional groups attached to an aromatic ring is 1. The molecule has 0 spiro atoms. The zero-order valence-electron chi connectivity index (χ0n) is 10.5. The third-order valence-electron chi connectivity index (χ3n) is 3.07. The van der Waals surface area contributed by atoms with Gasteiger partial charge in [-0.3, -0.25) is 9.59 Å². The van der Waals surface area contributed by atoms with Gasteiger partial charge in [0.05, 0.1) is 11.3 Å². The van der Waals surface area contributed by atoms with Crippen molar-refractivity contribution in [3.8, 4) is 22.6 Å². The minimum absolute atomic E-state index is 0.000823. The SMILES string of the molecule is Nc1c(-c2ccccc2Oc2ccccc2)c(=O)c1=O. The zero-order chi connectivity index (χ0) is 14.1. The van der Waals surface area contributed by atoms with Gasteiger partial charge in [-0.05, 0) is 18.2 Å². The maximum absolute atomic E-state index is 11.6. The second kappa shape index (κ2) is 4.66. The number of ether oxygens (including phenoxy) is 1. The summed E-state index contributed by atoms with van der Waals surface area (Å²) in [5, 5.41) is 0. The Kier molecular flexibility index (Phi) is 2.84. The van der Waals surface area contributed by atoms with E-state index >= 15 is 0 Å². The van der Waals surface area contributed by atoms with E-state index in [1.54, 1.807) is 24.3 Å². The third-order valence-corrected chi connectivity index (χ3v) is 3.07. The molecule has 3 aromatic rings. The fourth-order valence-corrected chi connectivity index (χ4v) is 2.05. The van der Waals surface area contributed by atoms with Crippen molar-refractivity contribution in [1.82, 2.24) is 0 Å². The molecule has 0 heterocycles. The summed E-state index contributed by atoms with van der Waals surface area (Å²) in [4.78, 5) is 22.9. The lowest BCUT2D eigenvalue weighted by Crippen LogP contribution is -2.35. The molecule has 0 saturated carbocycles. The van der Waals surface area contributed by atoms with E-state index < -0.39 is 10.9 Å². The average molecular weight is 265 g/mol. The molecule has 3 aromatic carbocycles. The molecule has 0 radical (unpaired) electrons. The summed E-state index contributed by atoms with van der Waals surface area (Å²) in [5.41, 5.74) is 5.19. The van der Waals surface area contributed by atoms with Crippen molar-refractivity contribution < 1.29 is 4.74 Å². The molecule has 0 amide bonds. The topological polar surface area (TPSA) is 69.4 Å². The molecule has 4 heteroatoms. The van der Waals surface area contributed by atoms with E-state index in [0.29, 0.717) is 17.1 Å². The molecule has 3 rings (SSSR count). The Hall–Kier alpha value is -2.88. The number of hydrogen-bond acceptors (Lipinski definition) is 4. The average Bonchev–Trinajstić information content (AvgIpc) is 2.50. The van der Waals surface area contributed by atoms with Crippen LogP contribution >= 0.6 is 0 Å². The van der Waals surface area contributed by atoms with Crippen molar-refractivity contribution in [2.24, 2.45) is 0 Å². The maximum atomic E-state index is 11.6. The van der Waals surface area contributed by atoms with E-state index in [1.807, 2.05) is 30.3 Å². The Morgan fingerprint density at radius 3 is 2.15 bits per heavy atom. The van der Waals surface area contributed by atoms with Gasteiger partial charge in [-0.25, -0.2) is 0 Å². The number of hydrogen-bond donors (Lipinski definition) is 1. The van der Waals surface area contributed by atoms with Gasteiger partial charge in [0.2, 0.25) is 10.9 Å². The molecular formula is C16H11NO3. The van der Waals surface area contributed by atoms with Crippen molar-refractivity contribution in [2.75, 3.05) is 5.73 Å². The van der Waals surface area contributed by atoms with Gasteiger partial charge in [0.15, 0.2) is 0 Å². The Bertz CT molecular complexity index is 830. The number of nitrogens with two attached hydrogens (primary N) is 1. The van der Waals surface area contributed by atoms with Crippen LogP contribution in [0.5, 0.6) is 11.5 Å². The Morgan fingerprint density at radius 2 is 1.45 bits per heavy atom. The van der Waals surface area contributed by atoms with Crippen LogP contribution in [-0.4, -0.2) is 0 Å². The second-order valence-corrected chi connectivity index (χ2v) is 4.36. The van der Waals surface area contributed by atoms with Gasteiger partial charge in [0, 0.05) is 5.56 Å². The molecule has 20 heavy (non-hydrogen) atoms. The molecular weight excluding hydrogens is 254 g/mol. The fourth-order valence-electron chi connectivity index (χ4n) is 2.05. The lowest BCUT2D eigenvalue weighted by molar-refractivity contribution is 0.484. The quantitative estimate of drug-likeness (QED) is 0.738. The molecule has 0 aliphatic rings.